The van der Waals surface area contributed by atoms with E-state index >= 15 is 0 Å². The van der Waals surface area contributed by atoms with E-state index < -0.39 is 0 Å². The van der Waals surface area contributed by atoms with Crippen LogP contribution in [0.15, 0.2) is 150 Å². The van der Waals surface area contributed by atoms with Gasteiger partial charge in [0.1, 0.15) is 11.2 Å². The summed E-state index contributed by atoms with van der Waals surface area (Å²) < 4.78 is 6.83. The predicted octanol–water partition coefficient (Wildman–Crippen LogP) is 10.8. The molecule has 0 saturated carbocycles. The number of benzene rings is 7. The molecule has 1 aliphatic rings. The molecule has 2 aromatic heterocycles. The van der Waals surface area contributed by atoms with Crippen molar-refractivity contribution in [2.24, 2.45) is 0 Å². The van der Waals surface area contributed by atoms with Gasteiger partial charge in [-0.1, -0.05) is 103 Å². The van der Waals surface area contributed by atoms with Gasteiger partial charge in [-0.15, -0.1) is 0 Å². The molecule has 0 atom stereocenters. The van der Waals surface area contributed by atoms with Gasteiger partial charge in [-0.2, -0.15) is 0 Å². The minimum atomic E-state index is 0.602. The smallest absolute Gasteiger partial charge is 0.164 e. The van der Waals surface area contributed by atoms with E-state index in [9.17, 15) is 0 Å². The van der Waals surface area contributed by atoms with E-state index in [0.29, 0.717) is 17.5 Å². The van der Waals surface area contributed by atoms with Crippen molar-refractivity contribution in [3.05, 3.63) is 157 Å². The van der Waals surface area contributed by atoms with Gasteiger partial charge < -0.3 is 9.73 Å². The van der Waals surface area contributed by atoms with Crippen molar-refractivity contribution in [3.63, 3.8) is 0 Å². The molecule has 0 unspecified atom stereocenters. The van der Waals surface area contributed by atoms with Crippen LogP contribution < -0.4 is 5.32 Å². The Bertz CT molecular complexity index is 2780. The van der Waals surface area contributed by atoms with Crippen LogP contribution in [0.25, 0.3) is 94.8 Å². The Balaban J connectivity index is 1.26. The maximum Gasteiger partial charge on any atom is 0.164 e. The summed E-state index contributed by atoms with van der Waals surface area (Å²) >= 11 is 0. The third kappa shape index (κ3) is 4.67. The second-order valence-electron chi connectivity index (χ2n) is 12.5. The van der Waals surface area contributed by atoms with Gasteiger partial charge in [-0.05, 0) is 86.9 Å². The van der Waals surface area contributed by atoms with Crippen LogP contribution in [-0.4, -0.2) is 15.0 Å². The molecule has 0 bridgehead atoms. The van der Waals surface area contributed by atoms with Crippen molar-refractivity contribution in [2.75, 3.05) is 0 Å². The first-order chi connectivity index (χ1) is 24.2. The Morgan fingerprint density at radius 2 is 1.14 bits per heavy atom. The monoisotopic (exact) mass is 628 g/mol. The molecule has 5 nitrogen and oxygen atoms in total. The number of nitrogens with one attached hydrogen (secondary N) is 1. The van der Waals surface area contributed by atoms with Crippen LogP contribution in [0.4, 0.5) is 0 Å². The third-order valence-electron chi connectivity index (χ3n) is 9.53. The average Bonchev–Trinajstić information content (AvgIpc) is 3.54. The minimum Gasteiger partial charge on any atom is -0.455 e. The lowest BCUT2D eigenvalue weighted by Crippen LogP contribution is -2.09. The molecule has 0 saturated heterocycles. The summed E-state index contributed by atoms with van der Waals surface area (Å²) in [4.78, 5) is 15.4. The molecule has 0 radical (unpaired) electrons. The highest BCUT2D eigenvalue weighted by molar-refractivity contribution is 6.16. The molecule has 9 aromatic rings. The number of aromatic nitrogens is 3. The minimum absolute atomic E-state index is 0.602. The Morgan fingerprint density at radius 1 is 0.510 bits per heavy atom. The van der Waals surface area contributed by atoms with Crippen molar-refractivity contribution >= 4 is 49.6 Å². The normalized spacial score (nSPS) is 12.5. The van der Waals surface area contributed by atoms with Crippen LogP contribution in [0.3, 0.4) is 0 Å². The number of nitrogens with zero attached hydrogens (tertiary/aromatic N) is 3. The fourth-order valence-electron chi connectivity index (χ4n) is 7.05. The number of hydrogen-bond donors (Lipinski definition) is 1. The highest BCUT2D eigenvalue weighted by Gasteiger charge is 2.22. The summed E-state index contributed by atoms with van der Waals surface area (Å²) in [5.74, 6) is 1.85. The van der Waals surface area contributed by atoms with Crippen LogP contribution in [-0.2, 0) is 6.54 Å². The van der Waals surface area contributed by atoms with E-state index in [1.807, 2.05) is 36.5 Å². The van der Waals surface area contributed by atoms with Crippen LogP contribution in [0.1, 0.15) is 11.1 Å². The van der Waals surface area contributed by atoms with E-state index in [-0.39, 0.29) is 0 Å². The second-order valence-corrected chi connectivity index (χ2v) is 12.5. The zero-order valence-electron chi connectivity index (χ0n) is 26.4. The number of furan rings is 1. The molecule has 10 rings (SSSR count). The Labute approximate surface area is 282 Å². The zero-order valence-corrected chi connectivity index (χ0v) is 26.4. The Kier molecular flexibility index (Phi) is 6.18. The largest absolute Gasteiger partial charge is 0.455 e. The van der Waals surface area contributed by atoms with Gasteiger partial charge in [0.15, 0.2) is 17.5 Å². The zero-order chi connectivity index (χ0) is 32.3. The molecular weight excluding hydrogens is 601 g/mol. The first-order valence-corrected chi connectivity index (χ1v) is 16.5. The number of rotatable bonds is 4. The molecule has 0 aliphatic carbocycles. The van der Waals surface area contributed by atoms with Crippen LogP contribution in [0, 0.1) is 0 Å². The van der Waals surface area contributed by atoms with E-state index in [1.54, 1.807) is 0 Å². The van der Waals surface area contributed by atoms with Gasteiger partial charge in [-0.3, -0.25) is 0 Å². The molecule has 230 valence electrons. The van der Waals surface area contributed by atoms with Crippen molar-refractivity contribution in [1.29, 1.82) is 0 Å². The molecule has 49 heavy (non-hydrogen) atoms. The number of fused-ring (bicyclic) bond motifs is 6. The second kappa shape index (κ2) is 11.0. The lowest BCUT2D eigenvalue weighted by molar-refractivity contribution is 0.669. The van der Waals surface area contributed by atoms with Crippen molar-refractivity contribution in [3.8, 4) is 45.3 Å². The summed E-state index contributed by atoms with van der Waals surface area (Å²) in [6.07, 6.45) is 4.09. The Hall–Kier alpha value is -6.59. The highest BCUT2D eigenvalue weighted by Crippen LogP contribution is 2.43. The van der Waals surface area contributed by atoms with E-state index in [2.05, 4.69) is 121 Å². The fourth-order valence-corrected chi connectivity index (χ4v) is 7.05. The number of hydrogen-bond acceptors (Lipinski definition) is 5. The van der Waals surface area contributed by atoms with Gasteiger partial charge in [0.05, 0.1) is 0 Å². The van der Waals surface area contributed by atoms with E-state index in [1.165, 1.54) is 21.7 Å². The Morgan fingerprint density at radius 3 is 1.92 bits per heavy atom. The van der Waals surface area contributed by atoms with Crippen LogP contribution in [0.2, 0.25) is 0 Å². The summed E-state index contributed by atoms with van der Waals surface area (Å²) in [5.41, 5.74) is 8.92. The molecule has 1 N–H and O–H groups in total. The first-order valence-electron chi connectivity index (χ1n) is 16.5. The molecule has 5 heteroatoms. The maximum atomic E-state index is 6.83. The fraction of sp³-hybridized carbons (Fsp3) is 0.0227. The van der Waals surface area contributed by atoms with Gasteiger partial charge in [0, 0.05) is 39.6 Å². The van der Waals surface area contributed by atoms with Gasteiger partial charge >= 0.3 is 0 Å². The average molecular weight is 629 g/mol. The van der Waals surface area contributed by atoms with Crippen molar-refractivity contribution in [2.45, 2.75) is 6.54 Å². The van der Waals surface area contributed by atoms with E-state index in [4.69, 9.17) is 19.4 Å². The third-order valence-corrected chi connectivity index (χ3v) is 9.53. The molecule has 3 heterocycles. The molecule has 0 amide bonds. The lowest BCUT2D eigenvalue weighted by atomic mass is 9.95. The first kappa shape index (κ1) is 27.5. The van der Waals surface area contributed by atoms with Gasteiger partial charge in [0.2, 0.25) is 0 Å². The summed E-state index contributed by atoms with van der Waals surface area (Å²) in [6, 6.07) is 48.6. The van der Waals surface area contributed by atoms with Crippen LogP contribution >= 0.6 is 0 Å². The predicted molar refractivity (Wildman–Crippen MR) is 200 cm³/mol. The topological polar surface area (TPSA) is 63.8 Å². The maximum absolute atomic E-state index is 6.83. The summed E-state index contributed by atoms with van der Waals surface area (Å²) in [5, 5.41) is 10.1. The molecule has 0 fully saturated rings. The highest BCUT2D eigenvalue weighted by atomic mass is 16.3. The molecule has 1 aliphatic heterocycles. The van der Waals surface area contributed by atoms with Gasteiger partial charge in [0.25, 0.3) is 0 Å². The SMILES string of the molecule is C1=Cc2cc3oc4c(-c5ccc6ccccc6c5)ccc(-c5nc(-c6ccccc6)nc(-c6ccc7ccccc7c6)n5)c4c3cc2CN1. The van der Waals surface area contributed by atoms with Crippen molar-refractivity contribution < 1.29 is 4.42 Å². The quantitative estimate of drug-likeness (QED) is 0.210. The standard InChI is InChI=1S/C44H28N4O/c1-2-10-29(11-3-1)42-46-43(34-17-15-28-9-5-7-13-31(28)23-34)48-44(47-42)37-19-18-36(33-16-14-27-8-4-6-12-30(27)22-33)41-40(37)38-24-35-26-45-21-20-32(35)25-39(38)49-41/h1-25,45H,26H2. The molecular formula is C44H28N4O. The van der Waals surface area contributed by atoms with Gasteiger partial charge in [-0.25, -0.2) is 15.0 Å². The lowest BCUT2D eigenvalue weighted by Gasteiger charge is -2.13. The van der Waals surface area contributed by atoms with Crippen LogP contribution in [0.5, 0.6) is 0 Å². The summed E-state index contributed by atoms with van der Waals surface area (Å²) in [6.45, 7) is 0.754. The molecule has 0 spiro atoms. The molecule has 7 aromatic carbocycles. The summed E-state index contributed by atoms with van der Waals surface area (Å²) in [7, 11) is 0. The van der Waals surface area contributed by atoms with Crippen molar-refractivity contribution in [1.82, 2.24) is 20.3 Å². The van der Waals surface area contributed by atoms with E-state index in [0.717, 1.165) is 67.3 Å².